The van der Waals surface area contributed by atoms with Gasteiger partial charge in [-0.2, -0.15) is 0 Å². The van der Waals surface area contributed by atoms with E-state index in [0.717, 1.165) is 0 Å². The smallest absolute Gasteiger partial charge is 0.339 e. The molecule has 7 heteroatoms. The third kappa shape index (κ3) is 3.55. The van der Waals surface area contributed by atoms with Crippen LogP contribution in [0.2, 0.25) is 5.02 Å². The van der Waals surface area contributed by atoms with Crippen LogP contribution in [0.15, 0.2) is 41.0 Å². The summed E-state index contributed by atoms with van der Waals surface area (Å²) in [4.78, 5) is 23.1. The molecule has 0 bridgehead atoms. The minimum absolute atomic E-state index is 0.0550. The number of carboxylic acids is 1. The fourth-order valence-electron chi connectivity index (χ4n) is 1.81. The van der Waals surface area contributed by atoms with Crippen molar-refractivity contribution in [2.75, 3.05) is 5.32 Å². The molecule has 0 aliphatic rings. The number of carbonyl (C=O) groups is 2. The fourth-order valence-corrected chi connectivity index (χ4v) is 2.06. The highest BCUT2D eigenvalue weighted by Crippen LogP contribution is 2.24. The molecule has 21 heavy (non-hydrogen) atoms. The number of rotatable bonds is 4. The molecule has 0 saturated carbocycles. The first-order valence-electron chi connectivity index (χ1n) is 6.11. The van der Waals surface area contributed by atoms with Crippen molar-refractivity contribution in [2.24, 2.45) is 0 Å². The van der Waals surface area contributed by atoms with E-state index >= 15 is 0 Å². The van der Waals surface area contributed by atoms with Crippen LogP contribution in [0.1, 0.15) is 29.1 Å². The van der Waals surface area contributed by atoms with E-state index in [2.05, 4.69) is 10.6 Å². The Morgan fingerprint density at radius 3 is 2.67 bits per heavy atom. The van der Waals surface area contributed by atoms with Gasteiger partial charge in [0, 0.05) is 0 Å². The lowest BCUT2D eigenvalue weighted by Crippen LogP contribution is -2.31. The maximum absolute atomic E-state index is 11.9. The van der Waals surface area contributed by atoms with E-state index in [1.54, 1.807) is 25.1 Å². The number of hydrogen-bond donors (Lipinski definition) is 3. The first-order valence-corrected chi connectivity index (χ1v) is 6.49. The summed E-state index contributed by atoms with van der Waals surface area (Å²) in [6.45, 7) is 1.74. The van der Waals surface area contributed by atoms with E-state index in [0.29, 0.717) is 5.76 Å². The Labute approximate surface area is 125 Å². The zero-order valence-electron chi connectivity index (χ0n) is 11.1. The van der Waals surface area contributed by atoms with Gasteiger partial charge < -0.3 is 20.2 Å². The Balaban J connectivity index is 2.10. The topological polar surface area (TPSA) is 91.6 Å². The molecule has 2 aromatic rings. The van der Waals surface area contributed by atoms with Crippen LogP contribution in [0.3, 0.4) is 0 Å². The summed E-state index contributed by atoms with van der Waals surface area (Å²) in [5, 5.41) is 14.3. The standard InChI is InChI=1S/C14H13ClN2O4/c1-8(11-6-3-7-21-11)16-14(20)17-10-5-2-4-9(15)12(10)13(18)19/h2-8H,1H3,(H,18,19)(H2,16,17,20). The number of aromatic carboxylic acids is 1. The molecule has 0 aliphatic carbocycles. The molecular formula is C14H13ClN2O4. The summed E-state index contributed by atoms with van der Waals surface area (Å²) >= 11 is 5.83. The molecule has 6 nitrogen and oxygen atoms in total. The minimum atomic E-state index is -1.21. The SMILES string of the molecule is CC(NC(=O)Nc1cccc(Cl)c1C(=O)O)c1ccco1. The molecule has 110 valence electrons. The molecule has 0 aliphatic heterocycles. The van der Waals surface area contributed by atoms with E-state index in [1.807, 2.05) is 0 Å². The number of urea groups is 1. The number of nitrogens with one attached hydrogen (secondary N) is 2. The van der Waals surface area contributed by atoms with Crippen LogP contribution in [0.4, 0.5) is 10.5 Å². The van der Waals surface area contributed by atoms with Crippen molar-refractivity contribution in [3.8, 4) is 0 Å². The predicted octanol–water partition coefficient (Wildman–Crippen LogP) is 3.51. The largest absolute Gasteiger partial charge is 0.478 e. The second-order valence-corrected chi connectivity index (χ2v) is 4.71. The monoisotopic (exact) mass is 308 g/mol. The predicted molar refractivity (Wildman–Crippen MR) is 77.7 cm³/mol. The number of benzene rings is 1. The molecule has 0 spiro atoms. The van der Waals surface area contributed by atoms with E-state index in [1.165, 1.54) is 18.4 Å². The van der Waals surface area contributed by atoms with Gasteiger partial charge in [-0.1, -0.05) is 17.7 Å². The molecule has 2 amide bonds. The average Bonchev–Trinajstić information content (AvgIpc) is 2.91. The first kappa shape index (κ1) is 14.9. The number of anilines is 1. The Morgan fingerprint density at radius 2 is 2.05 bits per heavy atom. The lowest BCUT2D eigenvalue weighted by Gasteiger charge is -2.14. The number of hydrogen-bond acceptors (Lipinski definition) is 3. The summed E-state index contributed by atoms with van der Waals surface area (Å²) in [6, 6.07) is 7.00. The van der Waals surface area contributed by atoms with Crippen LogP contribution in [0.5, 0.6) is 0 Å². The number of furan rings is 1. The zero-order valence-corrected chi connectivity index (χ0v) is 11.8. The quantitative estimate of drug-likeness (QED) is 0.806. The molecule has 3 N–H and O–H groups in total. The Hall–Kier alpha value is -2.47. The lowest BCUT2D eigenvalue weighted by molar-refractivity contribution is 0.0698. The van der Waals surface area contributed by atoms with Gasteiger partial charge in [-0.15, -0.1) is 0 Å². The van der Waals surface area contributed by atoms with Gasteiger partial charge in [-0.3, -0.25) is 0 Å². The molecule has 1 atom stereocenters. The lowest BCUT2D eigenvalue weighted by atomic mass is 10.2. The second kappa shape index (κ2) is 6.32. The minimum Gasteiger partial charge on any atom is -0.478 e. The highest BCUT2D eigenvalue weighted by atomic mass is 35.5. The summed E-state index contributed by atoms with van der Waals surface area (Å²) in [5.41, 5.74) is -0.0286. The van der Waals surface area contributed by atoms with Gasteiger partial charge in [0.1, 0.15) is 11.3 Å². The fraction of sp³-hybridized carbons (Fsp3) is 0.143. The molecule has 0 radical (unpaired) electrons. The molecule has 0 fully saturated rings. The van der Waals surface area contributed by atoms with E-state index in [9.17, 15) is 9.59 Å². The van der Waals surface area contributed by atoms with Gasteiger partial charge >= 0.3 is 12.0 Å². The van der Waals surface area contributed by atoms with Crippen LogP contribution in [0.25, 0.3) is 0 Å². The first-order chi connectivity index (χ1) is 9.99. The highest BCUT2D eigenvalue weighted by Gasteiger charge is 2.17. The third-order valence-corrected chi connectivity index (χ3v) is 3.11. The van der Waals surface area contributed by atoms with Crippen LogP contribution in [0, 0.1) is 0 Å². The Kier molecular flexibility index (Phi) is 4.49. The van der Waals surface area contributed by atoms with E-state index < -0.39 is 12.0 Å². The Morgan fingerprint density at radius 1 is 1.29 bits per heavy atom. The summed E-state index contributed by atoms with van der Waals surface area (Å²) < 4.78 is 5.17. The van der Waals surface area contributed by atoms with Crippen LogP contribution in [-0.2, 0) is 0 Å². The second-order valence-electron chi connectivity index (χ2n) is 4.30. The molecule has 2 rings (SSSR count). The van der Waals surface area contributed by atoms with Crippen molar-refractivity contribution in [1.29, 1.82) is 0 Å². The van der Waals surface area contributed by atoms with E-state index in [-0.39, 0.29) is 22.3 Å². The van der Waals surface area contributed by atoms with Crippen LogP contribution >= 0.6 is 11.6 Å². The number of halogens is 1. The van der Waals surface area contributed by atoms with Crippen LogP contribution < -0.4 is 10.6 Å². The van der Waals surface area contributed by atoms with Crippen molar-refractivity contribution >= 4 is 29.3 Å². The van der Waals surface area contributed by atoms with E-state index in [4.69, 9.17) is 21.1 Å². The zero-order chi connectivity index (χ0) is 15.4. The number of amides is 2. The van der Waals surface area contributed by atoms with Crippen molar-refractivity contribution in [3.05, 3.63) is 52.9 Å². The molecule has 1 heterocycles. The van der Waals surface area contributed by atoms with Gasteiger partial charge in [0.15, 0.2) is 0 Å². The summed E-state index contributed by atoms with van der Waals surface area (Å²) in [7, 11) is 0. The van der Waals surface area contributed by atoms with Crippen molar-refractivity contribution in [2.45, 2.75) is 13.0 Å². The van der Waals surface area contributed by atoms with Gasteiger partial charge in [0.2, 0.25) is 0 Å². The van der Waals surface area contributed by atoms with Gasteiger partial charge in [-0.25, -0.2) is 9.59 Å². The van der Waals surface area contributed by atoms with Crippen molar-refractivity contribution in [1.82, 2.24) is 5.32 Å². The molecule has 1 unspecified atom stereocenters. The summed E-state index contributed by atoms with van der Waals surface area (Å²) in [6.07, 6.45) is 1.50. The van der Waals surface area contributed by atoms with Gasteiger partial charge in [0.25, 0.3) is 0 Å². The van der Waals surface area contributed by atoms with Crippen molar-refractivity contribution < 1.29 is 19.1 Å². The van der Waals surface area contributed by atoms with Crippen LogP contribution in [-0.4, -0.2) is 17.1 Å². The van der Waals surface area contributed by atoms with Gasteiger partial charge in [0.05, 0.1) is 23.0 Å². The third-order valence-electron chi connectivity index (χ3n) is 2.79. The Bertz CT molecular complexity index is 655. The summed E-state index contributed by atoms with van der Waals surface area (Å²) in [5.74, 6) is -0.621. The highest BCUT2D eigenvalue weighted by molar-refractivity contribution is 6.34. The normalized spacial score (nSPS) is 11.7. The molecule has 1 aromatic heterocycles. The number of carboxylic acid groups (broad SMARTS) is 1. The molecule has 1 aromatic carbocycles. The maximum Gasteiger partial charge on any atom is 0.339 e. The van der Waals surface area contributed by atoms with Crippen molar-refractivity contribution in [3.63, 3.8) is 0 Å². The molecule has 0 saturated heterocycles. The average molecular weight is 309 g/mol. The van der Waals surface area contributed by atoms with Gasteiger partial charge in [-0.05, 0) is 31.2 Å². The maximum atomic E-state index is 11.9. The number of carbonyl (C=O) groups excluding carboxylic acids is 1. The molecular weight excluding hydrogens is 296 g/mol.